The first-order valence-electron chi connectivity index (χ1n) is 6.92. The fourth-order valence-electron chi connectivity index (χ4n) is 2.98. The molecule has 0 radical (unpaired) electrons. The maximum atomic E-state index is 12.3. The van der Waals surface area contributed by atoms with Gasteiger partial charge in [-0.25, -0.2) is 0 Å². The van der Waals surface area contributed by atoms with Crippen molar-refractivity contribution >= 4 is 5.91 Å². The van der Waals surface area contributed by atoms with Crippen LogP contribution in [0.15, 0.2) is 18.2 Å². The first-order valence-corrected chi connectivity index (χ1v) is 6.92. The molecule has 1 aromatic rings. The summed E-state index contributed by atoms with van der Waals surface area (Å²) in [4.78, 5) is 13.9. The van der Waals surface area contributed by atoms with Crippen LogP contribution in [0.1, 0.15) is 34.3 Å². The van der Waals surface area contributed by atoms with Gasteiger partial charge in [0.15, 0.2) is 0 Å². The van der Waals surface area contributed by atoms with Crippen LogP contribution in [0.4, 0.5) is 0 Å². The van der Waals surface area contributed by atoms with Crippen molar-refractivity contribution in [2.75, 3.05) is 13.1 Å². The van der Waals surface area contributed by atoms with E-state index in [2.05, 4.69) is 0 Å². The lowest BCUT2D eigenvalue weighted by Crippen LogP contribution is -2.30. The van der Waals surface area contributed by atoms with Crippen LogP contribution >= 0.6 is 0 Å². The third-order valence-electron chi connectivity index (χ3n) is 4.14. The van der Waals surface area contributed by atoms with Gasteiger partial charge in [-0.3, -0.25) is 4.79 Å². The Morgan fingerprint density at radius 1 is 1.05 bits per heavy atom. The normalized spacial score (nSPS) is 26.3. The summed E-state index contributed by atoms with van der Waals surface area (Å²) in [7, 11) is 0. The van der Waals surface area contributed by atoms with E-state index in [0.717, 1.165) is 12.8 Å². The van der Waals surface area contributed by atoms with Gasteiger partial charge in [-0.05, 0) is 48.9 Å². The van der Waals surface area contributed by atoms with Crippen molar-refractivity contribution in [2.24, 2.45) is 0 Å². The minimum absolute atomic E-state index is 0.0935. The molecule has 1 fully saturated rings. The molecule has 1 aromatic carbocycles. The topological polar surface area (TPSA) is 60.8 Å². The Morgan fingerprint density at radius 3 is 2.37 bits per heavy atom. The molecule has 2 unspecified atom stereocenters. The zero-order valence-corrected chi connectivity index (χ0v) is 10.9. The first kappa shape index (κ1) is 12.6. The van der Waals surface area contributed by atoms with E-state index >= 15 is 0 Å². The molecule has 0 bridgehead atoms. The van der Waals surface area contributed by atoms with Gasteiger partial charge >= 0.3 is 0 Å². The summed E-state index contributed by atoms with van der Waals surface area (Å²) in [6.45, 7) is 0.439. The number of fused-ring (bicyclic) bond motifs is 1. The number of carbonyl (C=O) groups is 1. The largest absolute Gasteiger partial charge is 0.388 e. The fraction of sp³-hybridized carbons (Fsp3) is 0.533. The van der Waals surface area contributed by atoms with Crippen molar-refractivity contribution in [1.29, 1.82) is 0 Å². The second-order valence-electron chi connectivity index (χ2n) is 5.54. The number of aliphatic hydroxyl groups excluding tert-OH is 2. The average Bonchev–Trinajstić information content (AvgIpc) is 2.77. The number of rotatable bonds is 1. The number of benzene rings is 1. The van der Waals surface area contributed by atoms with E-state index in [-0.39, 0.29) is 19.0 Å². The quantitative estimate of drug-likeness (QED) is 0.784. The van der Waals surface area contributed by atoms with E-state index in [1.54, 1.807) is 0 Å². The van der Waals surface area contributed by atoms with Gasteiger partial charge in [-0.15, -0.1) is 0 Å². The van der Waals surface area contributed by atoms with E-state index in [9.17, 15) is 15.0 Å². The highest BCUT2D eigenvalue weighted by Crippen LogP contribution is 2.23. The second kappa shape index (κ2) is 4.94. The second-order valence-corrected chi connectivity index (χ2v) is 5.54. The first-order chi connectivity index (χ1) is 9.15. The van der Waals surface area contributed by atoms with E-state index in [1.165, 1.54) is 28.9 Å². The van der Waals surface area contributed by atoms with Crippen LogP contribution in [-0.2, 0) is 12.8 Å². The third-order valence-corrected chi connectivity index (χ3v) is 4.14. The molecule has 0 saturated carbocycles. The number of aryl methyl sites for hydroxylation is 2. The smallest absolute Gasteiger partial charge is 0.254 e. The summed E-state index contributed by atoms with van der Waals surface area (Å²) in [5.41, 5.74) is 3.30. The van der Waals surface area contributed by atoms with Gasteiger partial charge in [-0.1, -0.05) is 6.07 Å². The summed E-state index contributed by atoms with van der Waals surface area (Å²) >= 11 is 0. The molecule has 102 valence electrons. The highest BCUT2D eigenvalue weighted by molar-refractivity contribution is 5.94. The Kier molecular flexibility index (Phi) is 3.29. The number of carbonyl (C=O) groups excluding carboxylic acids is 1. The van der Waals surface area contributed by atoms with Gasteiger partial charge in [0, 0.05) is 18.7 Å². The molecule has 0 aromatic heterocycles. The van der Waals surface area contributed by atoms with Gasteiger partial charge in [0.25, 0.3) is 5.91 Å². The molecular weight excluding hydrogens is 242 g/mol. The van der Waals surface area contributed by atoms with E-state index in [4.69, 9.17) is 0 Å². The molecule has 1 heterocycles. The molecule has 1 aliphatic heterocycles. The highest BCUT2D eigenvalue weighted by atomic mass is 16.3. The molecule has 2 N–H and O–H groups in total. The van der Waals surface area contributed by atoms with E-state index in [1.807, 2.05) is 18.2 Å². The Hall–Kier alpha value is -1.39. The monoisotopic (exact) mass is 261 g/mol. The summed E-state index contributed by atoms with van der Waals surface area (Å²) < 4.78 is 0. The Morgan fingerprint density at radius 2 is 1.68 bits per heavy atom. The lowest BCUT2D eigenvalue weighted by Gasteiger charge is -2.19. The predicted molar refractivity (Wildman–Crippen MR) is 71.0 cm³/mol. The molecule has 2 atom stereocenters. The van der Waals surface area contributed by atoms with E-state index in [0.29, 0.717) is 5.56 Å². The van der Waals surface area contributed by atoms with Crippen molar-refractivity contribution in [2.45, 2.75) is 37.9 Å². The molecular formula is C15H19NO3. The molecule has 4 nitrogen and oxygen atoms in total. The molecule has 2 aliphatic rings. The molecule has 0 spiro atoms. The molecule has 1 aliphatic carbocycles. The highest BCUT2D eigenvalue weighted by Gasteiger charge is 2.33. The average molecular weight is 261 g/mol. The van der Waals surface area contributed by atoms with Crippen LogP contribution in [0.5, 0.6) is 0 Å². The maximum absolute atomic E-state index is 12.3. The summed E-state index contributed by atoms with van der Waals surface area (Å²) in [5, 5.41) is 19.0. The Bertz CT molecular complexity index is 490. The minimum Gasteiger partial charge on any atom is -0.388 e. The Labute approximate surface area is 112 Å². The zero-order valence-electron chi connectivity index (χ0n) is 10.9. The van der Waals surface area contributed by atoms with Crippen LogP contribution in [0, 0.1) is 0 Å². The number of β-amino-alcohol motifs (C(OH)–C–C–N with tert-alkyl or cyclic N) is 2. The molecule has 3 rings (SSSR count). The van der Waals surface area contributed by atoms with Crippen molar-refractivity contribution < 1.29 is 15.0 Å². The summed E-state index contributed by atoms with van der Waals surface area (Å²) in [6.07, 6.45) is 2.92. The van der Waals surface area contributed by atoms with Crippen molar-refractivity contribution in [1.82, 2.24) is 4.90 Å². The number of aliphatic hydroxyl groups is 2. The Balaban J connectivity index is 1.80. The van der Waals surface area contributed by atoms with Gasteiger partial charge in [0.2, 0.25) is 0 Å². The number of likely N-dealkylation sites (tertiary alicyclic amines) is 1. The van der Waals surface area contributed by atoms with Crippen LogP contribution in [0.25, 0.3) is 0 Å². The van der Waals surface area contributed by atoms with Crippen molar-refractivity contribution in [3.63, 3.8) is 0 Å². The number of nitrogens with zero attached hydrogens (tertiary/aromatic N) is 1. The van der Waals surface area contributed by atoms with Crippen LogP contribution in [-0.4, -0.2) is 46.3 Å². The number of hydrogen-bond acceptors (Lipinski definition) is 3. The van der Waals surface area contributed by atoms with Crippen molar-refractivity contribution in [3.8, 4) is 0 Å². The summed E-state index contributed by atoms with van der Waals surface area (Å²) in [6, 6.07) is 5.89. The third kappa shape index (κ3) is 2.38. The molecule has 19 heavy (non-hydrogen) atoms. The van der Waals surface area contributed by atoms with E-state index < -0.39 is 12.2 Å². The predicted octanol–water partition coefficient (Wildman–Crippen LogP) is 0.743. The SMILES string of the molecule is O=C(c1ccc2c(c1)CCCC2)N1CC(O)C(O)C1. The lowest BCUT2D eigenvalue weighted by molar-refractivity contribution is 0.0572. The lowest BCUT2D eigenvalue weighted by atomic mass is 9.90. The maximum Gasteiger partial charge on any atom is 0.254 e. The van der Waals surface area contributed by atoms with Gasteiger partial charge in [-0.2, -0.15) is 0 Å². The van der Waals surface area contributed by atoms with Crippen molar-refractivity contribution in [3.05, 3.63) is 34.9 Å². The van der Waals surface area contributed by atoms with Crippen LogP contribution in [0.3, 0.4) is 0 Å². The molecule has 1 amide bonds. The zero-order chi connectivity index (χ0) is 13.4. The van der Waals surface area contributed by atoms with Gasteiger partial charge in [0.1, 0.15) is 0 Å². The van der Waals surface area contributed by atoms with Crippen LogP contribution in [0.2, 0.25) is 0 Å². The van der Waals surface area contributed by atoms with Gasteiger partial charge < -0.3 is 15.1 Å². The molecule has 1 saturated heterocycles. The number of amides is 1. The standard InChI is InChI=1S/C15H19NO3/c17-13-8-16(9-14(13)18)15(19)12-6-5-10-3-1-2-4-11(10)7-12/h5-7,13-14,17-18H,1-4,8-9H2. The fourth-order valence-corrected chi connectivity index (χ4v) is 2.98. The molecule has 4 heteroatoms. The van der Waals surface area contributed by atoms with Gasteiger partial charge in [0.05, 0.1) is 12.2 Å². The van der Waals surface area contributed by atoms with Crippen LogP contribution < -0.4 is 0 Å². The minimum atomic E-state index is -0.818. The number of hydrogen-bond donors (Lipinski definition) is 2. The summed E-state index contributed by atoms with van der Waals surface area (Å²) in [5.74, 6) is -0.0935.